The highest BCUT2D eigenvalue weighted by Gasteiger charge is 2.41. The number of carbonyl (C=O) groups is 2. The molecule has 1 aliphatic heterocycles. The van der Waals surface area contributed by atoms with Crippen LogP contribution in [0.3, 0.4) is 0 Å². The highest BCUT2D eigenvalue weighted by Crippen LogP contribution is 2.30. The van der Waals surface area contributed by atoms with Crippen LogP contribution in [0.2, 0.25) is 0 Å². The van der Waals surface area contributed by atoms with Crippen molar-refractivity contribution in [3.8, 4) is 0 Å². The molecule has 1 saturated heterocycles. The van der Waals surface area contributed by atoms with E-state index in [1.807, 2.05) is 13.0 Å². The summed E-state index contributed by atoms with van der Waals surface area (Å²) in [7, 11) is 1.74. The number of rotatable bonds is 0. The van der Waals surface area contributed by atoms with E-state index in [4.69, 9.17) is 0 Å². The maximum Gasteiger partial charge on any atom is 0.255 e. The molecule has 1 aliphatic carbocycles. The number of nitrogens with one attached hydrogen (secondary N) is 1. The quantitative estimate of drug-likeness (QED) is 0.564. The van der Waals surface area contributed by atoms with Gasteiger partial charge in [0.25, 0.3) is 5.91 Å². The van der Waals surface area contributed by atoms with Crippen LogP contribution in [0.15, 0.2) is 22.9 Å². The molecular formula is C10H12N2O2. The Hall–Kier alpha value is -1.58. The summed E-state index contributed by atoms with van der Waals surface area (Å²) in [5, 5.41) is 1.61. The van der Waals surface area contributed by atoms with Crippen LogP contribution in [0.5, 0.6) is 0 Å². The minimum absolute atomic E-state index is 0.0816. The number of hydrogen-bond acceptors (Lipinski definition) is 3. The van der Waals surface area contributed by atoms with Gasteiger partial charge in [0.15, 0.2) is 5.78 Å². The van der Waals surface area contributed by atoms with Crippen molar-refractivity contribution in [3.63, 3.8) is 0 Å². The lowest BCUT2D eigenvalue weighted by Gasteiger charge is -2.19. The molecule has 1 amide bonds. The molecule has 0 aromatic rings. The number of allylic oxidation sites excluding steroid dienone is 3. The maximum absolute atomic E-state index is 11.8. The minimum atomic E-state index is -0.622. The molecule has 0 saturated carbocycles. The Balaban J connectivity index is 2.53. The third-order valence-corrected chi connectivity index (χ3v) is 2.81. The Kier molecular flexibility index (Phi) is 1.74. The third-order valence-electron chi connectivity index (χ3n) is 2.81. The molecule has 14 heavy (non-hydrogen) atoms. The zero-order valence-corrected chi connectivity index (χ0v) is 8.42. The Bertz CT molecular complexity index is 393. The molecule has 1 unspecified atom stereocenters. The second kappa shape index (κ2) is 2.70. The number of hydrogen-bond donors (Lipinski definition) is 1. The van der Waals surface area contributed by atoms with E-state index in [1.165, 1.54) is 0 Å². The van der Waals surface area contributed by atoms with Crippen LogP contribution < -0.4 is 5.43 Å². The van der Waals surface area contributed by atoms with Gasteiger partial charge in [0.05, 0.1) is 5.70 Å². The van der Waals surface area contributed by atoms with Gasteiger partial charge in [-0.05, 0) is 31.1 Å². The molecule has 4 nitrogen and oxygen atoms in total. The van der Waals surface area contributed by atoms with Crippen LogP contribution in [0.4, 0.5) is 0 Å². The van der Waals surface area contributed by atoms with E-state index in [2.05, 4.69) is 5.43 Å². The monoisotopic (exact) mass is 192 g/mol. The number of hydrazine groups is 1. The van der Waals surface area contributed by atoms with E-state index < -0.39 is 5.92 Å². The number of amides is 1. The van der Waals surface area contributed by atoms with E-state index in [1.54, 1.807) is 19.0 Å². The SMILES string of the molecule is CC1=C(C)C(=O)C2C(=O)NN(C)C2=C1. The fourth-order valence-electron chi connectivity index (χ4n) is 1.80. The predicted molar refractivity (Wildman–Crippen MR) is 50.9 cm³/mol. The van der Waals surface area contributed by atoms with Crippen molar-refractivity contribution in [1.82, 2.24) is 10.4 Å². The predicted octanol–water partition coefficient (Wildman–Crippen LogP) is 0.382. The van der Waals surface area contributed by atoms with Crippen LogP contribution in [0.1, 0.15) is 13.8 Å². The molecule has 0 bridgehead atoms. The van der Waals surface area contributed by atoms with Crippen molar-refractivity contribution < 1.29 is 9.59 Å². The largest absolute Gasteiger partial charge is 0.293 e. The molecule has 0 aromatic carbocycles. The summed E-state index contributed by atoms with van der Waals surface area (Å²) in [5.74, 6) is -0.929. The van der Waals surface area contributed by atoms with Crippen molar-refractivity contribution in [2.75, 3.05) is 7.05 Å². The van der Waals surface area contributed by atoms with Gasteiger partial charge in [0.1, 0.15) is 5.92 Å². The average Bonchev–Trinajstić information content (AvgIpc) is 2.38. The lowest BCUT2D eigenvalue weighted by molar-refractivity contribution is -0.129. The number of ketones is 1. The number of nitrogens with zero attached hydrogens (tertiary/aromatic N) is 1. The summed E-state index contributed by atoms with van der Waals surface area (Å²) in [6, 6.07) is 0. The van der Waals surface area contributed by atoms with Crippen LogP contribution in [0.25, 0.3) is 0 Å². The van der Waals surface area contributed by atoms with Gasteiger partial charge >= 0.3 is 0 Å². The smallest absolute Gasteiger partial charge is 0.255 e. The van der Waals surface area contributed by atoms with Gasteiger partial charge < -0.3 is 0 Å². The highest BCUT2D eigenvalue weighted by atomic mass is 16.2. The molecule has 0 radical (unpaired) electrons. The summed E-state index contributed by atoms with van der Waals surface area (Å²) in [4.78, 5) is 23.2. The Morgan fingerprint density at radius 2 is 2.00 bits per heavy atom. The molecule has 0 spiro atoms. The zero-order chi connectivity index (χ0) is 10.5. The van der Waals surface area contributed by atoms with E-state index in [0.29, 0.717) is 5.57 Å². The fraction of sp³-hybridized carbons (Fsp3) is 0.400. The first-order chi connectivity index (χ1) is 6.52. The van der Waals surface area contributed by atoms with Crippen molar-refractivity contribution in [3.05, 3.63) is 22.9 Å². The van der Waals surface area contributed by atoms with Crippen molar-refractivity contribution in [2.24, 2.45) is 5.92 Å². The normalized spacial score (nSPS) is 26.4. The highest BCUT2D eigenvalue weighted by molar-refractivity contribution is 6.14. The number of carbonyl (C=O) groups excluding carboxylic acids is 2. The second-order valence-electron chi connectivity index (χ2n) is 3.71. The Morgan fingerprint density at radius 3 is 2.64 bits per heavy atom. The summed E-state index contributed by atoms with van der Waals surface area (Å²) in [6.07, 6.45) is 1.89. The van der Waals surface area contributed by atoms with Gasteiger partial charge in [-0.25, -0.2) is 0 Å². The van der Waals surface area contributed by atoms with Crippen molar-refractivity contribution in [1.29, 1.82) is 0 Å². The molecule has 1 heterocycles. The van der Waals surface area contributed by atoms with Crippen molar-refractivity contribution in [2.45, 2.75) is 13.8 Å². The van der Waals surface area contributed by atoms with E-state index >= 15 is 0 Å². The van der Waals surface area contributed by atoms with Gasteiger partial charge in [-0.2, -0.15) is 0 Å². The summed E-state index contributed by atoms with van der Waals surface area (Å²) in [6.45, 7) is 3.64. The molecule has 0 aromatic heterocycles. The standard InChI is InChI=1S/C10H12N2O2/c1-5-4-7-8(9(13)6(5)2)10(14)11-12(7)3/h4,8H,1-3H3,(H,11,14). The molecule has 1 fully saturated rings. The summed E-state index contributed by atoms with van der Waals surface area (Å²) in [5.41, 5.74) is 4.98. The van der Waals surface area contributed by atoms with E-state index in [-0.39, 0.29) is 11.7 Å². The topological polar surface area (TPSA) is 49.4 Å². The lowest BCUT2D eigenvalue weighted by atomic mass is 9.87. The maximum atomic E-state index is 11.8. The minimum Gasteiger partial charge on any atom is -0.293 e. The van der Waals surface area contributed by atoms with Gasteiger partial charge in [-0.3, -0.25) is 20.0 Å². The second-order valence-corrected chi connectivity index (χ2v) is 3.71. The van der Waals surface area contributed by atoms with Crippen LogP contribution in [-0.4, -0.2) is 23.7 Å². The van der Waals surface area contributed by atoms with E-state index in [9.17, 15) is 9.59 Å². The van der Waals surface area contributed by atoms with Gasteiger partial charge in [-0.1, -0.05) is 0 Å². The Morgan fingerprint density at radius 1 is 1.36 bits per heavy atom. The van der Waals surface area contributed by atoms with Crippen LogP contribution in [0, 0.1) is 5.92 Å². The van der Waals surface area contributed by atoms with Crippen molar-refractivity contribution >= 4 is 11.7 Å². The first kappa shape index (κ1) is 8.99. The lowest BCUT2D eigenvalue weighted by Crippen LogP contribution is -2.29. The van der Waals surface area contributed by atoms with Gasteiger partial charge in [0.2, 0.25) is 0 Å². The number of fused-ring (bicyclic) bond motifs is 1. The summed E-state index contributed by atoms with van der Waals surface area (Å²) >= 11 is 0. The molecule has 4 heteroatoms. The molecule has 2 aliphatic rings. The first-order valence-corrected chi connectivity index (χ1v) is 4.50. The van der Waals surface area contributed by atoms with Crippen LogP contribution >= 0.6 is 0 Å². The Labute approximate surface area is 82.2 Å². The summed E-state index contributed by atoms with van der Waals surface area (Å²) < 4.78 is 0. The average molecular weight is 192 g/mol. The van der Waals surface area contributed by atoms with Crippen LogP contribution in [-0.2, 0) is 9.59 Å². The molecular weight excluding hydrogens is 180 g/mol. The molecule has 2 rings (SSSR count). The number of Topliss-reactive ketones (excluding diaryl/α,β-unsaturated/α-hetero) is 1. The third kappa shape index (κ3) is 0.999. The van der Waals surface area contributed by atoms with E-state index in [0.717, 1.165) is 11.3 Å². The molecule has 1 N–H and O–H groups in total. The zero-order valence-electron chi connectivity index (χ0n) is 8.42. The fourth-order valence-corrected chi connectivity index (χ4v) is 1.80. The van der Waals surface area contributed by atoms with Gasteiger partial charge in [0, 0.05) is 7.05 Å². The molecule has 1 atom stereocenters. The first-order valence-electron chi connectivity index (χ1n) is 4.50. The molecule has 74 valence electrons. The van der Waals surface area contributed by atoms with Gasteiger partial charge in [-0.15, -0.1) is 0 Å².